The molecule has 2 N–H and O–H groups in total. The zero-order valence-corrected chi connectivity index (χ0v) is 15.5. The Kier molecular flexibility index (Phi) is 8.63. The van der Waals surface area contributed by atoms with Crippen LogP contribution in [0.25, 0.3) is 0 Å². The Morgan fingerprint density at radius 1 is 1.17 bits per heavy atom. The van der Waals surface area contributed by atoms with E-state index < -0.39 is 0 Å². The van der Waals surface area contributed by atoms with Gasteiger partial charge in [-0.2, -0.15) is 0 Å². The van der Waals surface area contributed by atoms with Gasteiger partial charge < -0.3 is 10.6 Å². The molecule has 0 aliphatic rings. The molecule has 0 bridgehead atoms. The SMILES string of the molecule is C\C=C/C(=C\C=C(/C)Cc1ccc(NC(=O)C(C)C)cc1)NCC. The van der Waals surface area contributed by atoms with Crippen molar-refractivity contribution in [1.82, 2.24) is 5.32 Å². The summed E-state index contributed by atoms with van der Waals surface area (Å²) in [6, 6.07) is 8.05. The molecule has 1 amide bonds. The van der Waals surface area contributed by atoms with Crippen LogP contribution in [0.15, 0.2) is 59.8 Å². The number of carbonyl (C=O) groups is 1. The molecule has 1 aromatic rings. The molecule has 0 heterocycles. The van der Waals surface area contributed by atoms with Crippen LogP contribution in [0.1, 0.15) is 40.2 Å². The second kappa shape index (κ2) is 10.5. The summed E-state index contributed by atoms with van der Waals surface area (Å²) in [5.74, 6) is 0.0358. The van der Waals surface area contributed by atoms with E-state index in [9.17, 15) is 4.79 Å². The third-order valence-electron chi connectivity index (χ3n) is 3.50. The Balaban J connectivity index is 2.70. The van der Waals surface area contributed by atoms with E-state index in [1.165, 1.54) is 11.1 Å². The fraction of sp³-hybridized carbons (Fsp3) is 0.381. The van der Waals surface area contributed by atoms with Crippen molar-refractivity contribution in [3.05, 3.63) is 65.4 Å². The van der Waals surface area contributed by atoms with E-state index in [1.54, 1.807) is 0 Å². The third kappa shape index (κ3) is 7.32. The highest BCUT2D eigenvalue weighted by molar-refractivity contribution is 5.92. The van der Waals surface area contributed by atoms with Gasteiger partial charge in [0, 0.05) is 23.8 Å². The number of nitrogens with one attached hydrogen (secondary N) is 2. The molecule has 130 valence electrons. The van der Waals surface area contributed by atoms with Crippen molar-refractivity contribution in [3.8, 4) is 0 Å². The van der Waals surface area contributed by atoms with Crippen LogP contribution in [0.2, 0.25) is 0 Å². The third-order valence-corrected chi connectivity index (χ3v) is 3.50. The maximum Gasteiger partial charge on any atom is 0.226 e. The summed E-state index contributed by atoms with van der Waals surface area (Å²) in [7, 11) is 0. The molecule has 0 aromatic heterocycles. The first-order valence-corrected chi connectivity index (χ1v) is 8.60. The lowest BCUT2D eigenvalue weighted by Gasteiger charge is -2.09. The van der Waals surface area contributed by atoms with Gasteiger partial charge in [-0.3, -0.25) is 4.79 Å². The van der Waals surface area contributed by atoms with Crippen molar-refractivity contribution in [3.63, 3.8) is 0 Å². The highest BCUT2D eigenvalue weighted by Crippen LogP contribution is 2.14. The monoisotopic (exact) mass is 326 g/mol. The van der Waals surface area contributed by atoms with Crippen molar-refractivity contribution in [2.45, 2.75) is 41.0 Å². The molecule has 3 heteroatoms. The second-order valence-electron chi connectivity index (χ2n) is 6.18. The Bertz CT molecular complexity index is 607. The van der Waals surface area contributed by atoms with Gasteiger partial charge in [0.15, 0.2) is 0 Å². The topological polar surface area (TPSA) is 41.1 Å². The molecule has 1 rings (SSSR count). The maximum atomic E-state index is 11.7. The maximum absolute atomic E-state index is 11.7. The number of hydrogen-bond acceptors (Lipinski definition) is 2. The van der Waals surface area contributed by atoms with E-state index >= 15 is 0 Å². The van der Waals surface area contributed by atoms with Gasteiger partial charge in [-0.15, -0.1) is 0 Å². The lowest BCUT2D eigenvalue weighted by Crippen LogP contribution is -2.17. The second-order valence-corrected chi connectivity index (χ2v) is 6.18. The number of hydrogen-bond donors (Lipinski definition) is 2. The van der Waals surface area contributed by atoms with Gasteiger partial charge >= 0.3 is 0 Å². The number of amides is 1. The normalized spacial score (nSPS) is 12.8. The van der Waals surface area contributed by atoms with Crippen LogP contribution in [0.4, 0.5) is 5.69 Å². The number of benzene rings is 1. The van der Waals surface area contributed by atoms with Gasteiger partial charge in [-0.25, -0.2) is 0 Å². The minimum Gasteiger partial charge on any atom is -0.385 e. The molecule has 0 atom stereocenters. The number of likely N-dealkylation sites (N-methyl/N-ethyl adjacent to an activating group) is 1. The van der Waals surface area contributed by atoms with Crippen LogP contribution in [0.3, 0.4) is 0 Å². The molecule has 0 aliphatic heterocycles. The smallest absolute Gasteiger partial charge is 0.226 e. The lowest BCUT2D eigenvalue weighted by molar-refractivity contribution is -0.118. The average molecular weight is 326 g/mol. The van der Waals surface area contributed by atoms with Crippen molar-refractivity contribution in [2.75, 3.05) is 11.9 Å². The van der Waals surface area contributed by atoms with Crippen LogP contribution < -0.4 is 10.6 Å². The number of rotatable bonds is 8. The summed E-state index contributed by atoms with van der Waals surface area (Å²) in [6.07, 6.45) is 9.24. The van der Waals surface area contributed by atoms with Crippen molar-refractivity contribution < 1.29 is 4.79 Å². The molecular formula is C21H30N2O. The average Bonchev–Trinajstić information content (AvgIpc) is 2.54. The highest BCUT2D eigenvalue weighted by atomic mass is 16.1. The Morgan fingerprint density at radius 3 is 2.38 bits per heavy atom. The fourth-order valence-corrected chi connectivity index (χ4v) is 2.16. The molecule has 1 aromatic carbocycles. The van der Waals surface area contributed by atoms with E-state index in [0.29, 0.717) is 0 Å². The van der Waals surface area contributed by atoms with Gasteiger partial charge in [0.25, 0.3) is 0 Å². The van der Waals surface area contributed by atoms with E-state index in [4.69, 9.17) is 0 Å². The quantitative estimate of drug-likeness (QED) is 0.671. The summed E-state index contributed by atoms with van der Waals surface area (Å²) in [5, 5.41) is 6.24. The zero-order chi connectivity index (χ0) is 17.9. The molecule has 24 heavy (non-hydrogen) atoms. The van der Waals surface area contributed by atoms with Gasteiger partial charge in [-0.1, -0.05) is 43.7 Å². The number of carbonyl (C=O) groups excluding carboxylic acids is 1. The zero-order valence-electron chi connectivity index (χ0n) is 15.5. The first-order chi connectivity index (χ1) is 11.5. The predicted molar refractivity (Wildman–Crippen MR) is 104 cm³/mol. The predicted octanol–water partition coefficient (Wildman–Crippen LogP) is 4.84. The van der Waals surface area contributed by atoms with Crippen molar-refractivity contribution in [2.24, 2.45) is 5.92 Å². The largest absolute Gasteiger partial charge is 0.385 e. The minimum atomic E-state index is -0.00950. The van der Waals surface area contributed by atoms with Crippen LogP contribution in [0.5, 0.6) is 0 Å². The van der Waals surface area contributed by atoms with E-state index in [0.717, 1.165) is 24.4 Å². The van der Waals surface area contributed by atoms with Crippen molar-refractivity contribution in [1.29, 1.82) is 0 Å². The summed E-state index contributed by atoms with van der Waals surface area (Å²) in [4.78, 5) is 11.7. The Morgan fingerprint density at radius 2 is 1.83 bits per heavy atom. The van der Waals surface area contributed by atoms with E-state index in [-0.39, 0.29) is 11.8 Å². The number of anilines is 1. The lowest BCUT2D eigenvalue weighted by atomic mass is 10.1. The standard InChI is InChI=1S/C21H30N2O/c1-6-8-19(22-7-2)12-9-17(5)15-18-10-13-20(14-11-18)23-21(24)16(3)4/h6,8-14,16,22H,7,15H2,1-5H3,(H,23,24)/b8-6-,17-9+,19-12+. The Labute approximate surface area is 146 Å². The van der Waals surface area contributed by atoms with Gasteiger partial charge in [0.05, 0.1) is 0 Å². The molecular weight excluding hydrogens is 296 g/mol. The highest BCUT2D eigenvalue weighted by Gasteiger charge is 2.06. The Hall–Kier alpha value is -2.29. The van der Waals surface area contributed by atoms with E-state index in [2.05, 4.69) is 54.8 Å². The summed E-state index contributed by atoms with van der Waals surface area (Å²) < 4.78 is 0. The minimum absolute atomic E-state index is 0.00950. The first-order valence-electron chi connectivity index (χ1n) is 8.60. The molecule has 3 nitrogen and oxygen atoms in total. The molecule has 0 saturated heterocycles. The fourth-order valence-electron chi connectivity index (χ4n) is 2.16. The molecule has 0 saturated carbocycles. The molecule has 0 radical (unpaired) electrons. The van der Waals surface area contributed by atoms with Gasteiger partial charge in [-0.05, 0) is 57.0 Å². The van der Waals surface area contributed by atoms with Crippen LogP contribution in [-0.4, -0.2) is 12.5 Å². The molecule has 0 unspecified atom stereocenters. The van der Waals surface area contributed by atoms with Crippen LogP contribution in [0, 0.1) is 5.92 Å². The molecule has 0 aliphatic carbocycles. The number of allylic oxidation sites excluding steroid dienone is 5. The van der Waals surface area contributed by atoms with Gasteiger partial charge in [0.1, 0.15) is 0 Å². The summed E-state index contributed by atoms with van der Waals surface area (Å²) >= 11 is 0. The van der Waals surface area contributed by atoms with Crippen LogP contribution >= 0.6 is 0 Å². The van der Waals surface area contributed by atoms with Gasteiger partial charge in [0.2, 0.25) is 5.91 Å². The van der Waals surface area contributed by atoms with Crippen LogP contribution in [-0.2, 0) is 11.2 Å². The summed E-state index contributed by atoms with van der Waals surface area (Å²) in [5.41, 5.74) is 4.48. The summed E-state index contributed by atoms with van der Waals surface area (Å²) in [6.45, 7) is 10.9. The van der Waals surface area contributed by atoms with Crippen molar-refractivity contribution >= 4 is 11.6 Å². The molecule has 0 spiro atoms. The first kappa shape index (κ1) is 19.8. The van der Waals surface area contributed by atoms with E-state index in [1.807, 2.05) is 39.0 Å². The molecule has 0 fully saturated rings.